The van der Waals surface area contributed by atoms with Gasteiger partial charge in [-0.3, -0.25) is 4.99 Å². The Morgan fingerprint density at radius 3 is 2.72 bits per heavy atom. The summed E-state index contributed by atoms with van der Waals surface area (Å²) in [5.74, 6) is 1.13. The first-order valence-corrected chi connectivity index (χ1v) is 8.15. The summed E-state index contributed by atoms with van der Waals surface area (Å²) in [6, 6.07) is 14.1. The van der Waals surface area contributed by atoms with Crippen molar-refractivity contribution in [3.8, 4) is 5.75 Å². The molecule has 0 aromatic heterocycles. The Hall–Kier alpha value is -2.60. The summed E-state index contributed by atoms with van der Waals surface area (Å²) in [6.07, 6.45) is 0.838. The van der Waals surface area contributed by atoms with E-state index in [9.17, 15) is 4.39 Å². The van der Waals surface area contributed by atoms with Gasteiger partial charge in [0.1, 0.15) is 11.6 Å². The molecule has 2 N–H and O–H groups in total. The highest BCUT2D eigenvalue weighted by Gasteiger charge is 2.02. The Labute approximate surface area is 147 Å². The topological polar surface area (TPSA) is 54.9 Å². The van der Waals surface area contributed by atoms with Gasteiger partial charge in [0.25, 0.3) is 0 Å². The molecular weight excluding hydrogens is 321 g/mol. The van der Waals surface area contributed by atoms with Crippen LogP contribution in [-0.4, -0.2) is 33.3 Å². The number of methoxy groups -OCH3 is 1. The van der Waals surface area contributed by atoms with Crippen molar-refractivity contribution in [2.24, 2.45) is 4.99 Å². The number of guanidine groups is 1. The van der Waals surface area contributed by atoms with Crippen LogP contribution in [-0.2, 0) is 11.3 Å². The number of halogens is 1. The Bertz CT molecular complexity index is 692. The highest BCUT2D eigenvalue weighted by atomic mass is 19.1. The Morgan fingerprint density at radius 1 is 1.12 bits per heavy atom. The van der Waals surface area contributed by atoms with Crippen LogP contribution in [0.2, 0.25) is 0 Å². The maximum Gasteiger partial charge on any atom is 0.195 e. The second-order valence-corrected chi connectivity index (χ2v) is 5.40. The van der Waals surface area contributed by atoms with Gasteiger partial charge in [0.15, 0.2) is 5.96 Å². The number of rotatable bonds is 8. The summed E-state index contributed by atoms with van der Waals surface area (Å²) in [4.78, 5) is 4.18. The van der Waals surface area contributed by atoms with Crippen molar-refractivity contribution in [3.05, 3.63) is 59.9 Å². The van der Waals surface area contributed by atoms with Gasteiger partial charge in [-0.25, -0.2) is 4.39 Å². The van der Waals surface area contributed by atoms with Crippen LogP contribution < -0.4 is 15.4 Å². The summed E-state index contributed by atoms with van der Waals surface area (Å²) in [5.41, 5.74) is 1.70. The normalized spacial score (nSPS) is 11.2. The SMILES string of the molecule is CN=C(NCc1cccc(F)c1)Nc1cccc(OCCCOC)c1. The minimum absolute atomic E-state index is 0.249. The molecule has 0 spiro atoms. The number of hydrogen-bond donors (Lipinski definition) is 2. The van der Waals surface area contributed by atoms with Crippen molar-refractivity contribution in [2.45, 2.75) is 13.0 Å². The monoisotopic (exact) mass is 345 g/mol. The molecule has 0 bridgehead atoms. The van der Waals surface area contributed by atoms with Crippen LogP contribution in [0, 0.1) is 5.82 Å². The number of aliphatic imine (C=N–C) groups is 1. The minimum Gasteiger partial charge on any atom is -0.493 e. The zero-order valence-corrected chi connectivity index (χ0v) is 14.6. The van der Waals surface area contributed by atoms with E-state index in [-0.39, 0.29) is 5.82 Å². The number of nitrogens with zero attached hydrogens (tertiary/aromatic N) is 1. The lowest BCUT2D eigenvalue weighted by Crippen LogP contribution is -2.30. The molecule has 2 aromatic rings. The largest absolute Gasteiger partial charge is 0.493 e. The predicted molar refractivity (Wildman–Crippen MR) is 98.7 cm³/mol. The van der Waals surface area contributed by atoms with E-state index in [0.29, 0.717) is 25.7 Å². The summed E-state index contributed by atoms with van der Waals surface area (Å²) >= 11 is 0. The van der Waals surface area contributed by atoms with Crippen LogP contribution in [0.25, 0.3) is 0 Å². The molecule has 2 aromatic carbocycles. The molecule has 0 aliphatic heterocycles. The molecule has 0 unspecified atom stereocenters. The van der Waals surface area contributed by atoms with Crippen molar-refractivity contribution in [2.75, 3.05) is 32.7 Å². The molecule has 0 aliphatic carbocycles. The van der Waals surface area contributed by atoms with Crippen LogP contribution in [0.1, 0.15) is 12.0 Å². The molecule has 6 heteroatoms. The van der Waals surface area contributed by atoms with Gasteiger partial charge in [-0.2, -0.15) is 0 Å². The van der Waals surface area contributed by atoms with Crippen molar-refractivity contribution in [3.63, 3.8) is 0 Å². The molecule has 0 heterocycles. The fourth-order valence-corrected chi connectivity index (χ4v) is 2.21. The number of anilines is 1. The van der Waals surface area contributed by atoms with Crippen LogP contribution >= 0.6 is 0 Å². The van der Waals surface area contributed by atoms with Crippen molar-refractivity contribution < 1.29 is 13.9 Å². The Kier molecular flexibility index (Phi) is 7.72. The summed E-state index contributed by atoms with van der Waals surface area (Å²) in [5, 5.41) is 6.35. The maximum absolute atomic E-state index is 13.2. The zero-order chi connectivity index (χ0) is 17.9. The fourth-order valence-electron chi connectivity index (χ4n) is 2.21. The van der Waals surface area contributed by atoms with E-state index < -0.39 is 0 Å². The summed E-state index contributed by atoms with van der Waals surface area (Å²) < 4.78 is 23.9. The second-order valence-electron chi connectivity index (χ2n) is 5.40. The highest BCUT2D eigenvalue weighted by molar-refractivity contribution is 5.93. The number of nitrogens with one attached hydrogen (secondary N) is 2. The number of hydrogen-bond acceptors (Lipinski definition) is 3. The maximum atomic E-state index is 13.2. The van der Waals surface area contributed by atoms with Crippen LogP contribution in [0.5, 0.6) is 5.75 Å². The Morgan fingerprint density at radius 2 is 1.96 bits per heavy atom. The van der Waals surface area contributed by atoms with E-state index in [2.05, 4.69) is 15.6 Å². The smallest absolute Gasteiger partial charge is 0.195 e. The third kappa shape index (κ3) is 6.81. The van der Waals surface area contributed by atoms with Gasteiger partial charge < -0.3 is 20.1 Å². The lowest BCUT2D eigenvalue weighted by molar-refractivity contribution is 0.172. The zero-order valence-electron chi connectivity index (χ0n) is 14.6. The molecule has 0 amide bonds. The van der Waals surface area contributed by atoms with E-state index in [1.165, 1.54) is 12.1 Å². The number of benzene rings is 2. The van der Waals surface area contributed by atoms with Crippen molar-refractivity contribution in [1.29, 1.82) is 0 Å². The standard InChI is InChI=1S/C19H24FN3O2/c1-21-19(22-14-15-6-3-7-16(20)12-15)23-17-8-4-9-18(13-17)25-11-5-10-24-2/h3-4,6-9,12-13H,5,10-11,14H2,1-2H3,(H2,21,22,23). The first-order valence-electron chi connectivity index (χ1n) is 8.15. The Balaban J connectivity index is 1.88. The first kappa shape index (κ1) is 18.7. The molecule has 0 saturated heterocycles. The van der Waals surface area contributed by atoms with Gasteiger partial charge in [0.05, 0.1) is 6.61 Å². The van der Waals surface area contributed by atoms with Crippen molar-refractivity contribution in [1.82, 2.24) is 5.32 Å². The van der Waals surface area contributed by atoms with E-state index >= 15 is 0 Å². The van der Waals surface area contributed by atoms with Gasteiger partial charge in [0.2, 0.25) is 0 Å². The molecule has 0 radical (unpaired) electrons. The highest BCUT2D eigenvalue weighted by Crippen LogP contribution is 2.17. The molecule has 134 valence electrons. The minimum atomic E-state index is -0.249. The second kappa shape index (κ2) is 10.3. The van der Waals surface area contributed by atoms with Gasteiger partial charge in [0, 0.05) is 45.5 Å². The molecule has 0 saturated carbocycles. The molecular formula is C19H24FN3O2. The predicted octanol–water partition coefficient (Wildman–Crippen LogP) is 3.43. The van der Waals surface area contributed by atoms with Gasteiger partial charge >= 0.3 is 0 Å². The summed E-state index contributed by atoms with van der Waals surface area (Å²) in [6.45, 7) is 1.75. The first-order chi connectivity index (χ1) is 12.2. The van der Waals surface area contributed by atoms with Crippen LogP contribution in [0.4, 0.5) is 10.1 Å². The van der Waals surface area contributed by atoms with E-state index in [4.69, 9.17) is 9.47 Å². The molecule has 0 atom stereocenters. The van der Waals surface area contributed by atoms with Crippen LogP contribution in [0.15, 0.2) is 53.5 Å². The van der Waals surface area contributed by atoms with Gasteiger partial charge in [-0.15, -0.1) is 0 Å². The van der Waals surface area contributed by atoms with Crippen molar-refractivity contribution >= 4 is 11.6 Å². The van der Waals surface area contributed by atoms with Gasteiger partial charge in [-0.1, -0.05) is 18.2 Å². The molecule has 0 fully saturated rings. The van der Waals surface area contributed by atoms with E-state index in [1.807, 2.05) is 30.3 Å². The molecule has 25 heavy (non-hydrogen) atoms. The lowest BCUT2D eigenvalue weighted by Gasteiger charge is -2.13. The molecule has 0 aliphatic rings. The van der Waals surface area contributed by atoms with Gasteiger partial charge in [-0.05, 0) is 29.8 Å². The molecule has 2 rings (SSSR count). The average molecular weight is 345 g/mol. The fraction of sp³-hybridized carbons (Fsp3) is 0.316. The quantitative estimate of drug-likeness (QED) is 0.437. The third-order valence-electron chi connectivity index (χ3n) is 3.43. The summed E-state index contributed by atoms with van der Waals surface area (Å²) in [7, 11) is 3.36. The molecule has 5 nitrogen and oxygen atoms in total. The lowest BCUT2D eigenvalue weighted by atomic mass is 10.2. The third-order valence-corrected chi connectivity index (χ3v) is 3.43. The van der Waals surface area contributed by atoms with E-state index in [1.54, 1.807) is 20.2 Å². The van der Waals surface area contributed by atoms with Crippen LogP contribution in [0.3, 0.4) is 0 Å². The average Bonchev–Trinajstić information content (AvgIpc) is 2.63. The van der Waals surface area contributed by atoms with E-state index in [0.717, 1.165) is 23.4 Å². The number of ether oxygens (including phenoxy) is 2.